The van der Waals surface area contributed by atoms with Crippen molar-refractivity contribution in [2.45, 2.75) is 26.8 Å². The zero-order chi connectivity index (χ0) is 26.4. The summed E-state index contributed by atoms with van der Waals surface area (Å²) < 4.78 is 8.13. The maximum absolute atomic E-state index is 13.5. The van der Waals surface area contributed by atoms with Crippen LogP contribution in [0.3, 0.4) is 0 Å². The highest BCUT2D eigenvalue weighted by Gasteiger charge is 2.21. The molecule has 0 bridgehead atoms. The average Bonchev–Trinajstić information content (AvgIpc) is 3.25. The number of halogens is 1. The third-order valence-corrected chi connectivity index (χ3v) is 6.39. The van der Waals surface area contributed by atoms with Gasteiger partial charge in [0, 0.05) is 41.5 Å². The van der Waals surface area contributed by atoms with Crippen LogP contribution < -0.4 is 16.2 Å². The van der Waals surface area contributed by atoms with Crippen LogP contribution in [0.2, 0.25) is 5.15 Å². The minimum absolute atomic E-state index is 0.125. The van der Waals surface area contributed by atoms with Gasteiger partial charge in [-0.2, -0.15) is 5.10 Å². The zero-order valence-corrected chi connectivity index (χ0v) is 21.3. The number of anilines is 1. The van der Waals surface area contributed by atoms with Crippen LogP contribution >= 0.6 is 11.6 Å². The fourth-order valence-corrected chi connectivity index (χ4v) is 4.58. The second kappa shape index (κ2) is 9.30. The van der Waals surface area contributed by atoms with Crippen molar-refractivity contribution in [3.63, 3.8) is 0 Å². The number of pyridine rings is 2. The summed E-state index contributed by atoms with van der Waals surface area (Å²) in [6, 6.07) is 8.56. The van der Waals surface area contributed by atoms with Crippen LogP contribution in [0.5, 0.6) is 0 Å². The van der Waals surface area contributed by atoms with Crippen molar-refractivity contribution in [2.75, 3.05) is 5.32 Å². The standard InChI is InChI=1S/C26H24ClN7O3/c1-12-7-17(14(3)30-19-5-6-20(27)31-21(19)25(28)33-36)24-18(8-12)22(35)13(2)23(37-24)15-9-16-11-34(4)32-26(16)29-10-15/h5-11,14,30,36H,1-4H3,(H2,28,33)/t14-/m1/s1. The number of hydrogen-bond donors (Lipinski definition) is 4. The Kier molecular flexibility index (Phi) is 6.14. The van der Waals surface area contributed by atoms with Crippen LogP contribution in [-0.2, 0) is 7.05 Å². The van der Waals surface area contributed by atoms with Gasteiger partial charge in [-0.15, -0.1) is 0 Å². The normalized spacial score (nSPS) is 12.2. The van der Waals surface area contributed by atoms with Gasteiger partial charge in [0.2, 0.25) is 0 Å². The molecule has 11 heteroatoms. The van der Waals surface area contributed by atoms with E-state index in [1.165, 1.54) is 0 Å². The maximum Gasteiger partial charge on any atom is 0.196 e. The molecule has 0 fully saturated rings. The monoisotopic (exact) mass is 517 g/mol. The molecule has 0 aliphatic heterocycles. The fraction of sp³-hybridized carbons (Fsp3) is 0.192. The van der Waals surface area contributed by atoms with E-state index in [0.717, 1.165) is 16.5 Å². The number of benzene rings is 1. The first-order chi connectivity index (χ1) is 17.7. The summed E-state index contributed by atoms with van der Waals surface area (Å²) >= 11 is 6.01. The van der Waals surface area contributed by atoms with Crippen molar-refractivity contribution in [1.82, 2.24) is 25.2 Å². The SMILES string of the molecule is Cc1cc([C@@H](C)Nc2ccc(Cl)nc2C(=N)NO)c2oc(-c3cnc4nn(C)cc4c3)c(C)c(=O)c2c1. The first kappa shape index (κ1) is 24.4. The number of nitrogens with zero attached hydrogens (tertiary/aromatic N) is 4. The Hall–Kier alpha value is -4.28. The van der Waals surface area contributed by atoms with Crippen LogP contribution in [0.15, 0.2) is 51.9 Å². The molecule has 0 radical (unpaired) electrons. The first-order valence-corrected chi connectivity index (χ1v) is 11.8. The number of fused-ring (bicyclic) bond motifs is 2. The van der Waals surface area contributed by atoms with Crippen molar-refractivity contribution in [2.24, 2.45) is 7.05 Å². The molecule has 1 aromatic carbocycles. The third kappa shape index (κ3) is 4.41. The Labute approximate surface area is 216 Å². The lowest BCUT2D eigenvalue weighted by molar-refractivity contribution is 0.234. The number of amidine groups is 1. The first-order valence-electron chi connectivity index (χ1n) is 11.5. The van der Waals surface area contributed by atoms with E-state index in [2.05, 4.69) is 20.4 Å². The highest BCUT2D eigenvalue weighted by molar-refractivity contribution is 6.29. The van der Waals surface area contributed by atoms with Gasteiger partial charge in [0.1, 0.15) is 22.2 Å². The van der Waals surface area contributed by atoms with Crippen LogP contribution in [0.25, 0.3) is 33.3 Å². The molecule has 0 unspecified atom stereocenters. The number of rotatable bonds is 5. The summed E-state index contributed by atoms with van der Waals surface area (Å²) in [6.07, 6.45) is 3.51. The van der Waals surface area contributed by atoms with E-state index in [0.29, 0.717) is 39.2 Å². The fourth-order valence-electron chi connectivity index (χ4n) is 4.43. The summed E-state index contributed by atoms with van der Waals surface area (Å²) in [5, 5.41) is 26.3. The van der Waals surface area contributed by atoms with Gasteiger partial charge >= 0.3 is 0 Å². The number of nitrogens with one attached hydrogen (secondary N) is 3. The zero-order valence-electron chi connectivity index (χ0n) is 20.5. The summed E-state index contributed by atoms with van der Waals surface area (Å²) in [4.78, 5) is 22.1. The van der Waals surface area contributed by atoms with E-state index in [1.54, 1.807) is 35.4 Å². The molecule has 5 rings (SSSR count). The van der Waals surface area contributed by atoms with Crippen molar-refractivity contribution >= 4 is 45.1 Å². The molecule has 0 spiro atoms. The molecule has 4 aromatic heterocycles. The van der Waals surface area contributed by atoms with Crippen LogP contribution in [0.4, 0.5) is 5.69 Å². The minimum atomic E-state index is -0.367. The number of aromatic nitrogens is 4. The number of hydrogen-bond acceptors (Lipinski definition) is 8. The van der Waals surface area contributed by atoms with Crippen molar-refractivity contribution in [3.05, 3.63) is 80.5 Å². The summed E-state index contributed by atoms with van der Waals surface area (Å²) in [5.41, 5.74) is 6.15. The molecule has 0 saturated carbocycles. The molecule has 0 aliphatic carbocycles. The van der Waals surface area contributed by atoms with Crippen molar-refractivity contribution < 1.29 is 9.62 Å². The molecule has 188 valence electrons. The van der Waals surface area contributed by atoms with E-state index in [1.807, 2.05) is 45.3 Å². The molecule has 4 heterocycles. The largest absolute Gasteiger partial charge is 0.455 e. The van der Waals surface area contributed by atoms with Crippen LogP contribution in [0.1, 0.15) is 35.3 Å². The number of hydroxylamine groups is 1. The highest BCUT2D eigenvalue weighted by atomic mass is 35.5. The van der Waals surface area contributed by atoms with E-state index in [4.69, 9.17) is 21.4 Å². The molecule has 0 saturated heterocycles. The summed E-state index contributed by atoms with van der Waals surface area (Å²) in [7, 11) is 1.82. The Balaban J connectivity index is 1.66. The molecule has 10 nitrogen and oxygen atoms in total. The predicted molar refractivity (Wildman–Crippen MR) is 142 cm³/mol. The van der Waals surface area contributed by atoms with E-state index >= 15 is 0 Å². The topological polar surface area (TPSA) is 142 Å². The second-order valence-electron chi connectivity index (χ2n) is 8.94. The van der Waals surface area contributed by atoms with Crippen molar-refractivity contribution in [1.29, 1.82) is 5.41 Å². The van der Waals surface area contributed by atoms with Gasteiger partial charge in [-0.1, -0.05) is 17.7 Å². The van der Waals surface area contributed by atoms with Crippen LogP contribution in [-0.4, -0.2) is 30.8 Å². The molecule has 5 aromatic rings. The molecule has 0 amide bonds. The van der Waals surface area contributed by atoms with Gasteiger partial charge in [0.15, 0.2) is 16.9 Å². The summed E-state index contributed by atoms with van der Waals surface area (Å²) in [5.74, 6) is 0.127. The number of aryl methyl sites for hydroxylation is 2. The maximum atomic E-state index is 13.5. The molecule has 0 aliphatic rings. The lowest BCUT2D eigenvalue weighted by Gasteiger charge is -2.20. The second-order valence-corrected chi connectivity index (χ2v) is 9.33. The van der Waals surface area contributed by atoms with Gasteiger partial charge in [-0.3, -0.25) is 25.6 Å². The van der Waals surface area contributed by atoms with Gasteiger partial charge in [0.05, 0.1) is 17.1 Å². The van der Waals surface area contributed by atoms with Crippen molar-refractivity contribution in [3.8, 4) is 11.3 Å². The molecule has 4 N–H and O–H groups in total. The van der Waals surface area contributed by atoms with E-state index in [9.17, 15) is 10.0 Å². The lowest BCUT2D eigenvalue weighted by Crippen LogP contribution is -2.22. The third-order valence-electron chi connectivity index (χ3n) is 6.18. The smallest absolute Gasteiger partial charge is 0.196 e. The molecule has 1 atom stereocenters. The predicted octanol–water partition coefficient (Wildman–Crippen LogP) is 4.88. The Morgan fingerprint density at radius 3 is 2.78 bits per heavy atom. The van der Waals surface area contributed by atoms with E-state index < -0.39 is 0 Å². The molecule has 37 heavy (non-hydrogen) atoms. The lowest BCUT2D eigenvalue weighted by atomic mass is 9.99. The van der Waals surface area contributed by atoms with Crippen LogP contribution in [0, 0.1) is 19.3 Å². The van der Waals surface area contributed by atoms with E-state index in [-0.39, 0.29) is 28.2 Å². The minimum Gasteiger partial charge on any atom is -0.455 e. The molecular weight excluding hydrogens is 494 g/mol. The highest BCUT2D eigenvalue weighted by Crippen LogP contribution is 2.33. The quantitative estimate of drug-likeness (QED) is 0.112. The van der Waals surface area contributed by atoms with Gasteiger partial charge < -0.3 is 9.73 Å². The Morgan fingerprint density at radius 1 is 1.24 bits per heavy atom. The average molecular weight is 518 g/mol. The molecular formula is C26H24ClN7O3. The van der Waals surface area contributed by atoms with Gasteiger partial charge in [-0.05, 0) is 50.6 Å². The van der Waals surface area contributed by atoms with Gasteiger partial charge in [-0.25, -0.2) is 9.97 Å². The summed E-state index contributed by atoms with van der Waals surface area (Å²) in [6.45, 7) is 5.57. The Morgan fingerprint density at radius 2 is 2.03 bits per heavy atom. The Bertz CT molecular complexity index is 1760. The van der Waals surface area contributed by atoms with Gasteiger partial charge in [0.25, 0.3) is 0 Å².